The molecule has 2 rings (SSSR count). The number of hydrogen-bond donors (Lipinski definition) is 2. The van der Waals surface area contributed by atoms with Crippen molar-refractivity contribution in [2.45, 2.75) is 0 Å². The third kappa shape index (κ3) is 2.36. The average Bonchev–Trinajstić information content (AvgIpc) is 2.41. The van der Waals surface area contributed by atoms with Gasteiger partial charge in [0, 0.05) is 11.8 Å². The van der Waals surface area contributed by atoms with E-state index in [1.54, 1.807) is 25.3 Å². The first-order valence-corrected chi connectivity index (χ1v) is 5.44. The summed E-state index contributed by atoms with van der Waals surface area (Å²) in [5, 5.41) is 12.2. The van der Waals surface area contributed by atoms with Crippen LogP contribution in [0.3, 0.4) is 0 Å². The molecule has 0 saturated carbocycles. The zero-order chi connectivity index (χ0) is 13.0. The lowest BCUT2D eigenvalue weighted by molar-refractivity contribution is 0.417. The van der Waals surface area contributed by atoms with Crippen LogP contribution in [0, 0.1) is 11.3 Å². The molecule has 0 aliphatic rings. The van der Waals surface area contributed by atoms with Crippen molar-refractivity contribution in [3.63, 3.8) is 0 Å². The van der Waals surface area contributed by atoms with Crippen molar-refractivity contribution in [2.24, 2.45) is 0 Å². The number of methoxy groups -OCH3 is 1. The zero-order valence-electron chi connectivity index (χ0n) is 9.97. The minimum atomic E-state index is 0.580. The van der Waals surface area contributed by atoms with Crippen molar-refractivity contribution in [1.29, 1.82) is 5.26 Å². The Morgan fingerprint density at radius 1 is 1.22 bits per heavy atom. The second-order valence-corrected chi connectivity index (χ2v) is 3.74. The van der Waals surface area contributed by atoms with Gasteiger partial charge in [-0.3, -0.25) is 0 Å². The molecule has 3 N–H and O–H groups in total. The molecular weight excluding hydrogens is 226 g/mol. The molecule has 18 heavy (non-hydrogen) atoms. The summed E-state index contributed by atoms with van der Waals surface area (Å²) in [7, 11) is 1.57. The topological polar surface area (TPSA) is 71.1 Å². The number of anilines is 3. The third-order valence-electron chi connectivity index (χ3n) is 2.56. The summed E-state index contributed by atoms with van der Waals surface area (Å²) in [6.45, 7) is 0. The number of nitrogens with two attached hydrogens (primary N) is 1. The van der Waals surface area contributed by atoms with Crippen LogP contribution in [0.5, 0.6) is 5.75 Å². The molecule has 0 saturated heterocycles. The van der Waals surface area contributed by atoms with Crippen LogP contribution in [-0.4, -0.2) is 7.11 Å². The summed E-state index contributed by atoms with van der Waals surface area (Å²) in [6.07, 6.45) is 0. The monoisotopic (exact) mass is 239 g/mol. The molecule has 2 aromatic carbocycles. The predicted molar refractivity (Wildman–Crippen MR) is 71.8 cm³/mol. The lowest BCUT2D eigenvalue weighted by Gasteiger charge is -2.10. The van der Waals surface area contributed by atoms with Crippen LogP contribution in [0.2, 0.25) is 0 Å². The van der Waals surface area contributed by atoms with Gasteiger partial charge in [0.2, 0.25) is 0 Å². The lowest BCUT2D eigenvalue weighted by atomic mass is 10.2. The molecule has 90 valence electrons. The predicted octanol–water partition coefficient (Wildman–Crippen LogP) is 2.89. The number of ether oxygens (including phenoxy) is 1. The molecule has 2 aromatic rings. The highest BCUT2D eigenvalue weighted by Crippen LogP contribution is 2.28. The SMILES string of the molecule is COc1cc(Nc2ccccc2C#N)ccc1N. The van der Waals surface area contributed by atoms with E-state index in [1.807, 2.05) is 24.3 Å². The Hall–Kier alpha value is -2.67. The molecule has 0 atom stereocenters. The fraction of sp³-hybridized carbons (Fsp3) is 0.0714. The first kappa shape index (κ1) is 11.8. The highest BCUT2D eigenvalue weighted by atomic mass is 16.5. The smallest absolute Gasteiger partial charge is 0.143 e. The van der Waals surface area contributed by atoms with Crippen molar-refractivity contribution < 1.29 is 4.74 Å². The number of para-hydroxylation sites is 1. The highest BCUT2D eigenvalue weighted by Gasteiger charge is 2.04. The zero-order valence-corrected chi connectivity index (χ0v) is 9.97. The van der Waals surface area contributed by atoms with Gasteiger partial charge in [0.05, 0.1) is 24.0 Å². The molecule has 0 fully saturated rings. The Balaban J connectivity index is 2.32. The minimum absolute atomic E-state index is 0.580. The van der Waals surface area contributed by atoms with Crippen molar-refractivity contribution in [2.75, 3.05) is 18.2 Å². The van der Waals surface area contributed by atoms with E-state index in [9.17, 15) is 0 Å². The van der Waals surface area contributed by atoms with E-state index in [-0.39, 0.29) is 0 Å². The van der Waals surface area contributed by atoms with Gasteiger partial charge in [0.1, 0.15) is 11.8 Å². The Bertz CT molecular complexity index is 602. The molecular formula is C14H13N3O. The van der Waals surface area contributed by atoms with Gasteiger partial charge < -0.3 is 15.8 Å². The van der Waals surface area contributed by atoms with Gasteiger partial charge in [-0.05, 0) is 24.3 Å². The summed E-state index contributed by atoms with van der Waals surface area (Å²) in [5.74, 6) is 0.606. The van der Waals surface area contributed by atoms with Crippen LogP contribution >= 0.6 is 0 Å². The second-order valence-electron chi connectivity index (χ2n) is 3.74. The number of hydrogen-bond acceptors (Lipinski definition) is 4. The van der Waals surface area contributed by atoms with E-state index in [2.05, 4.69) is 11.4 Å². The van der Waals surface area contributed by atoms with Crippen LogP contribution in [-0.2, 0) is 0 Å². The second kappa shape index (κ2) is 5.11. The molecule has 4 nitrogen and oxygen atoms in total. The maximum atomic E-state index is 9.01. The summed E-state index contributed by atoms with van der Waals surface area (Å²) in [4.78, 5) is 0. The van der Waals surface area contributed by atoms with Gasteiger partial charge in [-0.25, -0.2) is 0 Å². The van der Waals surface area contributed by atoms with Gasteiger partial charge in [0.15, 0.2) is 0 Å². The Labute approximate surface area is 106 Å². The Morgan fingerprint density at radius 3 is 2.72 bits per heavy atom. The molecule has 0 aliphatic carbocycles. The first-order chi connectivity index (χ1) is 8.74. The molecule has 0 aromatic heterocycles. The molecule has 0 unspecified atom stereocenters. The Kier molecular flexibility index (Phi) is 3.35. The number of rotatable bonds is 3. The van der Waals surface area contributed by atoms with Gasteiger partial charge in [-0.1, -0.05) is 12.1 Å². The largest absolute Gasteiger partial charge is 0.495 e. The van der Waals surface area contributed by atoms with Crippen LogP contribution < -0.4 is 15.8 Å². The molecule has 0 heterocycles. The maximum absolute atomic E-state index is 9.01. The fourth-order valence-electron chi connectivity index (χ4n) is 1.63. The van der Waals surface area contributed by atoms with Crippen molar-refractivity contribution in [1.82, 2.24) is 0 Å². The molecule has 4 heteroatoms. The van der Waals surface area contributed by atoms with E-state index in [1.165, 1.54) is 0 Å². The van der Waals surface area contributed by atoms with Crippen molar-refractivity contribution in [3.8, 4) is 11.8 Å². The lowest BCUT2D eigenvalue weighted by Crippen LogP contribution is -1.96. The molecule has 0 spiro atoms. The van der Waals surface area contributed by atoms with Gasteiger partial charge >= 0.3 is 0 Å². The van der Waals surface area contributed by atoms with Gasteiger partial charge in [-0.2, -0.15) is 5.26 Å². The van der Waals surface area contributed by atoms with Crippen LogP contribution in [0.1, 0.15) is 5.56 Å². The van der Waals surface area contributed by atoms with Crippen LogP contribution in [0.4, 0.5) is 17.1 Å². The summed E-state index contributed by atoms with van der Waals surface area (Å²) in [5.41, 5.74) is 8.49. The number of benzene rings is 2. The number of nitriles is 1. The van der Waals surface area contributed by atoms with E-state index >= 15 is 0 Å². The molecule has 0 amide bonds. The van der Waals surface area contributed by atoms with Crippen LogP contribution in [0.25, 0.3) is 0 Å². The average molecular weight is 239 g/mol. The van der Waals surface area contributed by atoms with Gasteiger partial charge in [0.25, 0.3) is 0 Å². The summed E-state index contributed by atoms with van der Waals surface area (Å²) >= 11 is 0. The number of nitrogens with zero attached hydrogens (tertiary/aromatic N) is 1. The van der Waals surface area contributed by atoms with Crippen molar-refractivity contribution >= 4 is 17.1 Å². The van der Waals surface area contributed by atoms with Crippen molar-refractivity contribution in [3.05, 3.63) is 48.0 Å². The summed E-state index contributed by atoms with van der Waals surface area (Å²) < 4.78 is 5.15. The van der Waals surface area contributed by atoms with E-state index in [0.29, 0.717) is 17.0 Å². The first-order valence-electron chi connectivity index (χ1n) is 5.44. The molecule has 0 bridgehead atoms. The minimum Gasteiger partial charge on any atom is -0.495 e. The van der Waals surface area contributed by atoms with Crippen LogP contribution in [0.15, 0.2) is 42.5 Å². The standard InChI is InChI=1S/C14H13N3O/c1-18-14-8-11(6-7-12(14)16)17-13-5-3-2-4-10(13)9-15/h2-8,17H,16H2,1H3. The molecule has 0 aliphatic heterocycles. The highest BCUT2D eigenvalue weighted by molar-refractivity contribution is 5.70. The summed E-state index contributed by atoms with van der Waals surface area (Å²) in [6, 6.07) is 14.8. The maximum Gasteiger partial charge on any atom is 0.143 e. The van der Waals surface area contributed by atoms with Gasteiger partial charge in [-0.15, -0.1) is 0 Å². The van der Waals surface area contributed by atoms with E-state index in [0.717, 1.165) is 11.4 Å². The van der Waals surface area contributed by atoms with E-state index in [4.69, 9.17) is 15.7 Å². The number of nitrogen functional groups attached to an aromatic ring is 1. The normalized spacial score (nSPS) is 9.56. The Morgan fingerprint density at radius 2 is 2.00 bits per heavy atom. The quantitative estimate of drug-likeness (QED) is 0.808. The van der Waals surface area contributed by atoms with E-state index < -0.39 is 0 Å². The molecule has 0 radical (unpaired) electrons. The third-order valence-corrected chi connectivity index (χ3v) is 2.56. The fourth-order valence-corrected chi connectivity index (χ4v) is 1.63. The number of nitrogens with one attached hydrogen (secondary N) is 1.